The van der Waals surface area contributed by atoms with Gasteiger partial charge >= 0.3 is 12.1 Å². The van der Waals surface area contributed by atoms with Crippen molar-refractivity contribution in [2.75, 3.05) is 10.8 Å². The van der Waals surface area contributed by atoms with Gasteiger partial charge < -0.3 is 4.74 Å². The molecule has 0 fully saturated rings. The van der Waals surface area contributed by atoms with Crippen LogP contribution in [-0.2, 0) is 27.5 Å². The predicted octanol–water partition coefficient (Wildman–Crippen LogP) is 6.57. The van der Waals surface area contributed by atoms with E-state index in [0.717, 1.165) is 39.1 Å². The number of thiazole rings is 1. The van der Waals surface area contributed by atoms with E-state index < -0.39 is 27.7 Å². The fourth-order valence-electron chi connectivity index (χ4n) is 3.52. The van der Waals surface area contributed by atoms with Crippen LogP contribution in [0, 0.1) is 0 Å². The molecule has 4 rings (SSSR count). The van der Waals surface area contributed by atoms with Crippen LogP contribution in [0.5, 0.6) is 0 Å². The molecule has 0 spiro atoms. The summed E-state index contributed by atoms with van der Waals surface area (Å²) in [5.41, 5.74) is 0.247. The maximum atomic E-state index is 13.4. The minimum Gasteiger partial charge on any atom is -0.456 e. The van der Waals surface area contributed by atoms with Gasteiger partial charge in [-0.2, -0.15) is 13.2 Å². The molecule has 0 aliphatic heterocycles. The summed E-state index contributed by atoms with van der Waals surface area (Å²) in [5.74, 6) is -0.773. The first-order valence-electron chi connectivity index (χ1n) is 11.2. The van der Waals surface area contributed by atoms with Crippen molar-refractivity contribution in [2.24, 2.45) is 0 Å². The lowest BCUT2D eigenvalue weighted by Gasteiger charge is -2.24. The predicted molar refractivity (Wildman–Crippen MR) is 139 cm³/mol. The molecule has 38 heavy (non-hydrogen) atoms. The average Bonchev–Trinajstić information content (AvgIpc) is 3.39. The van der Waals surface area contributed by atoms with Crippen LogP contribution < -0.4 is 4.31 Å². The molecule has 0 atom stereocenters. The SMILES string of the molecule is C=CCN(c1cccc(C(F)(F)F)c1)S(=O)(=O)c1cccc(C(=O)OCc2csc(-c3ccccc3)n2)c1. The number of nitrogens with zero attached hydrogens (tertiary/aromatic N) is 2. The van der Waals surface area contributed by atoms with Crippen molar-refractivity contribution in [2.45, 2.75) is 17.7 Å². The zero-order chi connectivity index (χ0) is 27.3. The van der Waals surface area contributed by atoms with E-state index in [1.165, 1.54) is 41.7 Å². The summed E-state index contributed by atoms with van der Waals surface area (Å²) in [7, 11) is -4.35. The minimum atomic E-state index is -4.65. The smallest absolute Gasteiger partial charge is 0.416 e. The van der Waals surface area contributed by atoms with Gasteiger partial charge in [0, 0.05) is 10.9 Å². The van der Waals surface area contributed by atoms with E-state index >= 15 is 0 Å². The Morgan fingerprint density at radius 3 is 2.47 bits per heavy atom. The van der Waals surface area contributed by atoms with Crippen LogP contribution in [0.2, 0.25) is 0 Å². The topological polar surface area (TPSA) is 76.6 Å². The molecule has 6 nitrogen and oxygen atoms in total. The summed E-state index contributed by atoms with van der Waals surface area (Å²) in [6.07, 6.45) is -3.39. The molecule has 1 heterocycles. The number of aromatic nitrogens is 1. The second-order valence-electron chi connectivity index (χ2n) is 7.99. The van der Waals surface area contributed by atoms with E-state index in [2.05, 4.69) is 11.6 Å². The highest BCUT2D eigenvalue weighted by Gasteiger charge is 2.32. The van der Waals surface area contributed by atoms with Gasteiger partial charge in [-0.15, -0.1) is 17.9 Å². The highest BCUT2D eigenvalue weighted by molar-refractivity contribution is 7.92. The zero-order valence-electron chi connectivity index (χ0n) is 19.8. The van der Waals surface area contributed by atoms with Crippen LogP contribution in [-0.4, -0.2) is 25.9 Å². The number of benzene rings is 3. The number of carbonyl (C=O) groups is 1. The van der Waals surface area contributed by atoms with E-state index in [1.54, 1.807) is 5.38 Å². The van der Waals surface area contributed by atoms with E-state index in [1.807, 2.05) is 30.3 Å². The summed E-state index contributed by atoms with van der Waals surface area (Å²) in [5, 5.41) is 2.53. The molecule has 4 aromatic rings. The molecule has 0 unspecified atom stereocenters. The van der Waals surface area contributed by atoms with Crippen LogP contribution in [0.3, 0.4) is 0 Å². The maximum absolute atomic E-state index is 13.4. The maximum Gasteiger partial charge on any atom is 0.416 e. The van der Waals surface area contributed by atoms with Gasteiger partial charge in [0.15, 0.2) is 0 Å². The van der Waals surface area contributed by atoms with Crippen LogP contribution in [0.1, 0.15) is 21.6 Å². The summed E-state index contributed by atoms with van der Waals surface area (Å²) in [4.78, 5) is 16.9. The minimum absolute atomic E-state index is 0.0350. The molecule has 0 saturated carbocycles. The number of halogens is 3. The van der Waals surface area contributed by atoms with Crippen LogP contribution in [0.25, 0.3) is 10.6 Å². The third-order valence-electron chi connectivity index (χ3n) is 5.34. The van der Waals surface area contributed by atoms with Crippen molar-refractivity contribution < 1.29 is 31.1 Å². The molecule has 0 aliphatic carbocycles. The van der Waals surface area contributed by atoms with Gasteiger partial charge in [-0.25, -0.2) is 18.2 Å². The summed E-state index contributed by atoms with van der Waals surface area (Å²) < 4.78 is 72.6. The Hall–Kier alpha value is -3.96. The van der Waals surface area contributed by atoms with Gasteiger partial charge in [0.05, 0.1) is 33.9 Å². The van der Waals surface area contributed by atoms with Crippen molar-refractivity contribution in [1.82, 2.24) is 4.98 Å². The van der Waals surface area contributed by atoms with Gasteiger partial charge in [0.1, 0.15) is 11.6 Å². The second-order valence-corrected chi connectivity index (χ2v) is 10.7. The van der Waals surface area contributed by atoms with Crippen molar-refractivity contribution in [3.05, 3.63) is 114 Å². The third-order valence-corrected chi connectivity index (χ3v) is 8.07. The molecular formula is C27H21F3N2O4S2. The van der Waals surface area contributed by atoms with Crippen molar-refractivity contribution in [3.63, 3.8) is 0 Å². The lowest BCUT2D eigenvalue weighted by Crippen LogP contribution is -2.31. The van der Waals surface area contributed by atoms with Gasteiger partial charge in [0.2, 0.25) is 0 Å². The molecule has 0 radical (unpaired) electrons. The Bertz CT molecular complexity index is 1550. The number of esters is 1. The summed E-state index contributed by atoms with van der Waals surface area (Å²) in [6, 6.07) is 18.6. The number of hydrogen-bond donors (Lipinski definition) is 0. The molecule has 1 aromatic heterocycles. The molecule has 0 aliphatic rings. The molecule has 196 valence electrons. The lowest BCUT2D eigenvalue weighted by molar-refractivity contribution is -0.137. The number of sulfonamides is 1. The first-order valence-corrected chi connectivity index (χ1v) is 13.5. The fraction of sp³-hybridized carbons (Fsp3) is 0.111. The second kappa shape index (κ2) is 11.2. The summed E-state index contributed by atoms with van der Waals surface area (Å²) in [6.45, 7) is 3.11. The van der Waals surface area contributed by atoms with Crippen LogP contribution in [0.15, 0.2) is 102 Å². The van der Waals surface area contributed by atoms with E-state index in [9.17, 15) is 26.4 Å². The summed E-state index contributed by atoms with van der Waals surface area (Å²) >= 11 is 1.40. The number of alkyl halides is 3. The molecule has 11 heteroatoms. The Labute approximate surface area is 221 Å². The molecule has 0 amide bonds. The number of rotatable bonds is 9. The van der Waals surface area contributed by atoms with E-state index in [4.69, 9.17) is 4.74 Å². The van der Waals surface area contributed by atoms with Crippen molar-refractivity contribution >= 4 is 33.0 Å². The quantitative estimate of drug-likeness (QED) is 0.172. The fourth-order valence-corrected chi connectivity index (χ4v) is 5.80. The van der Waals surface area contributed by atoms with Crippen molar-refractivity contribution in [1.29, 1.82) is 0 Å². The van der Waals surface area contributed by atoms with Gasteiger partial charge in [-0.05, 0) is 36.4 Å². The Balaban J connectivity index is 1.54. The number of anilines is 1. The molecule has 0 N–H and O–H groups in total. The standard InChI is InChI=1S/C27H21F3N2O4S2/c1-2-14-32(23-12-7-11-21(16-23)27(28,29)30)38(34,35)24-13-6-10-20(15-24)26(33)36-17-22-18-37-25(31-22)19-8-4-3-5-9-19/h2-13,15-16,18H,1,14,17H2. The van der Waals surface area contributed by atoms with Crippen LogP contribution in [0.4, 0.5) is 18.9 Å². The number of ether oxygens (including phenoxy) is 1. The Morgan fingerprint density at radius 2 is 1.76 bits per heavy atom. The van der Waals surface area contributed by atoms with E-state index in [-0.39, 0.29) is 29.3 Å². The average molecular weight is 559 g/mol. The van der Waals surface area contributed by atoms with E-state index in [0.29, 0.717) is 5.69 Å². The third kappa shape index (κ3) is 6.12. The Morgan fingerprint density at radius 1 is 1.03 bits per heavy atom. The molecular weight excluding hydrogens is 537 g/mol. The van der Waals surface area contributed by atoms with Gasteiger partial charge in [-0.1, -0.05) is 48.5 Å². The number of carbonyl (C=O) groups excluding carboxylic acids is 1. The first-order chi connectivity index (χ1) is 18.1. The zero-order valence-corrected chi connectivity index (χ0v) is 21.4. The Kier molecular flexibility index (Phi) is 7.98. The van der Waals surface area contributed by atoms with Crippen molar-refractivity contribution in [3.8, 4) is 10.6 Å². The van der Waals surface area contributed by atoms with Gasteiger partial charge in [0.25, 0.3) is 10.0 Å². The monoisotopic (exact) mass is 558 g/mol. The highest BCUT2D eigenvalue weighted by atomic mass is 32.2. The normalized spacial score (nSPS) is 11.7. The van der Waals surface area contributed by atoms with Crippen LogP contribution >= 0.6 is 11.3 Å². The lowest BCUT2D eigenvalue weighted by atomic mass is 10.2. The molecule has 0 saturated heterocycles. The molecule has 0 bridgehead atoms. The largest absolute Gasteiger partial charge is 0.456 e. The molecule has 3 aromatic carbocycles. The number of hydrogen-bond acceptors (Lipinski definition) is 6. The highest BCUT2D eigenvalue weighted by Crippen LogP contribution is 2.33. The first kappa shape index (κ1) is 27.1. The van der Waals surface area contributed by atoms with Gasteiger partial charge in [-0.3, -0.25) is 4.31 Å².